The highest BCUT2D eigenvalue weighted by Crippen LogP contribution is 2.19. The van der Waals surface area contributed by atoms with E-state index in [-0.39, 0.29) is 5.91 Å². The van der Waals surface area contributed by atoms with Crippen molar-refractivity contribution in [1.82, 2.24) is 25.1 Å². The van der Waals surface area contributed by atoms with Crippen molar-refractivity contribution in [2.75, 3.05) is 18.0 Å². The molecule has 7 nitrogen and oxygen atoms in total. The number of hydrogen-bond donors (Lipinski definition) is 1. The topological polar surface area (TPSA) is 75.9 Å². The van der Waals surface area contributed by atoms with Crippen molar-refractivity contribution in [3.8, 4) is 11.3 Å². The molecule has 0 saturated carbocycles. The van der Waals surface area contributed by atoms with E-state index in [4.69, 9.17) is 0 Å². The minimum Gasteiger partial charge on any atom is -0.345 e. The van der Waals surface area contributed by atoms with Gasteiger partial charge in [0.2, 0.25) is 5.95 Å². The maximum Gasteiger partial charge on any atom is 0.269 e. The Morgan fingerprint density at radius 3 is 2.61 bits per heavy atom. The highest BCUT2D eigenvalue weighted by molar-refractivity contribution is 5.93. The summed E-state index contributed by atoms with van der Waals surface area (Å²) in [6.07, 6.45) is 2.35. The lowest BCUT2D eigenvalue weighted by molar-refractivity contribution is 0.0941. The fourth-order valence-electron chi connectivity index (χ4n) is 3.46. The van der Waals surface area contributed by atoms with E-state index in [1.54, 1.807) is 11.7 Å². The zero-order valence-electron chi connectivity index (χ0n) is 16.2. The van der Waals surface area contributed by atoms with Crippen LogP contribution < -0.4 is 10.2 Å². The van der Waals surface area contributed by atoms with Crippen LogP contribution in [0.1, 0.15) is 34.7 Å². The van der Waals surface area contributed by atoms with Gasteiger partial charge >= 0.3 is 0 Å². The fraction of sp³-hybridized carbons (Fsp3) is 0.333. The maximum atomic E-state index is 12.7. The van der Waals surface area contributed by atoms with E-state index < -0.39 is 0 Å². The minimum atomic E-state index is -0.170. The number of aryl methyl sites for hydroxylation is 2. The summed E-state index contributed by atoms with van der Waals surface area (Å²) in [5.74, 6) is 0.588. The van der Waals surface area contributed by atoms with Gasteiger partial charge in [0.25, 0.3) is 5.91 Å². The first kappa shape index (κ1) is 18.2. The summed E-state index contributed by atoms with van der Waals surface area (Å²) in [6.45, 7) is 4.30. The Bertz CT molecular complexity index is 976. The number of benzene rings is 1. The molecular weight excluding hydrogens is 352 g/mol. The van der Waals surface area contributed by atoms with Crippen LogP contribution in [-0.4, -0.2) is 38.7 Å². The summed E-state index contributed by atoms with van der Waals surface area (Å²) in [5.41, 5.74) is 4.01. The summed E-state index contributed by atoms with van der Waals surface area (Å²) in [4.78, 5) is 24.1. The van der Waals surface area contributed by atoms with Crippen LogP contribution in [0.3, 0.4) is 0 Å². The van der Waals surface area contributed by atoms with Crippen LogP contribution in [-0.2, 0) is 13.6 Å². The molecule has 28 heavy (non-hydrogen) atoms. The molecule has 144 valence electrons. The van der Waals surface area contributed by atoms with E-state index in [1.165, 1.54) is 12.8 Å². The van der Waals surface area contributed by atoms with Crippen LogP contribution in [0.25, 0.3) is 11.3 Å². The van der Waals surface area contributed by atoms with Crippen LogP contribution in [0.15, 0.2) is 42.5 Å². The SMILES string of the molecule is Cc1cc(CNC(=O)c2cc(-c3ccccc3)nn2C)nc(N2CCCC2)n1. The molecule has 1 aliphatic heterocycles. The summed E-state index contributed by atoms with van der Waals surface area (Å²) in [6, 6.07) is 13.6. The molecule has 3 aromatic rings. The molecule has 0 bridgehead atoms. The first-order valence-electron chi connectivity index (χ1n) is 9.57. The predicted molar refractivity (Wildman–Crippen MR) is 108 cm³/mol. The van der Waals surface area contributed by atoms with Gasteiger partial charge in [0.15, 0.2) is 0 Å². The normalized spacial score (nSPS) is 13.7. The van der Waals surface area contributed by atoms with Crippen molar-refractivity contribution in [3.05, 3.63) is 59.5 Å². The van der Waals surface area contributed by atoms with Gasteiger partial charge in [-0.1, -0.05) is 30.3 Å². The van der Waals surface area contributed by atoms with E-state index in [9.17, 15) is 4.79 Å². The lowest BCUT2D eigenvalue weighted by Gasteiger charge is -2.16. The molecule has 1 aromatic carbocycles. The molecule has 1 aliphatic rings. The van der Waals surface area contributed by atoms with E-state index in [2.05, 4.69) is 25.3 Å². The maximum absolute atomic E-state index is 12.7. The number of hydrogen-bond acceptors (Lipinski definition) is 5. The molecule has 1 fully saturated rings. The van der Waals surface area contributed by atoms with Gasteiger partial charge in [0, 0.05) is 31.4 Å². The second kappa shape index (κ2) is 7.80. The fourth-order valence-corrected chi connectivity index (χ4v) is 3.46. The lowest BCUT2D eigenvalue weighted by atomic mass is 10.1. The van der Waals surface area contributed by atoms with Crippen molar-refractivity contribution in [3.63, 3.8) is 0 Å². The minimum absolute atomic E-state index is 0.170. The number of rotatable bonds is 5. The van der Waals surface area contributed by atoms with E-state index in [1.807, 2.05) is 49.4 Å². The van der Waals surface area contributed by atoms with Crippen LogP contribution >= 0.6 is 0 Å². The van der Waals surface area contributed by atoms with E-state index >= 15 is 0 Å². The molecule has 1 N–H and O–H groups in total. The summed E-state index contributed by atoms with van der Waals surface area (Å²) in [7, 11) is 1.78. The third-order valence-corrected chi connectivity index (χ3v) is 4.90. The number of carbonyl (C=O) groups is 1. The third-order valence-electron chi connectivity index (χ3n) is 4.90. The van der Waals surface area contributed by atoms with Crippen molar-refractivity contribution in [2.45, 2.75) is 26.3 Å². The number of nitrogens with one attached hydrogen (secondary N) is 1. The number of nitrogens with zero attached hydrogens (tertiary/aromatic N) is 5. The quantitative estimate of drug-likeness (QED) is 0.741. The summed E-state index contributed by atoms with van der Waals surface area (Å²) < 4.78 is 1.61. The van der Waals surface area contributed by atoms with Gasteiger partial charge in [-0.05, 0) is 31.9 Å². The monoisotopic (exact) mass is 376 g/mol. The first-order chi connectivity index (χ1) is 13.6. The van der Waals surface area contributed by atoms with Crippen LogP contribution in [0.2, 0.25) is 0 Å². The Morgan fingerprint density at radius 2 is 1.86 bits per heavy atom. The molecule has 1 saturated heterocycles. The zero-order valence-corrected chi connectivity index (χ0v) is 16.2. The number of aromatic nitrogens is 4. The average Bonchev–Trinajstić information content (AvgIpc) is 3.36. The largest absolute Gasteiger partial charge is 0.345 e. The molecule has 1 amide bonds. The van der Waals surface area contributed by atoms with Crippen LogP contribution in [0, 0.1) is 6.92 Å². The van der Waals surface area contributed by atoms with Gasteiger partial charge < -0.3 is 10.2 Å². The highest BCUT2D eigenvalue weighted by atomic mass is 16.2. The molecule has 0 atom stereocenters. The Balaban J connectivity index is 1.47. The van der Waals surface area contributed by atoms with Crippen molar-refractivity contribution >= 4 is 11.9 Å². The predicted octanol–water partition coefficient (Wildman–Crippen LogP) is 2.72. The standard InChI is InChI=1S/C21H24N6O/c1-15-12-17(24-21(23-15)27-10-6-7-11-27)14-22-20(28)19-13-18(25-26(19)2)16-8-4-3-5-9-16/h3-5,8-9,12-13H,6-7,10-11,14H2,1-2H3,(H,22,28). The van der Waals surface area contributed by atoms with E-state index in [0.29, 0.717) is 12.2 Å². The van der Waals surface area contributed by atoms with Gasteiger partial charge in [0.1, 0.15) is 5.69 Å². The second-order valence-electron chi connectivity index (χ2n) is 7.08. The Hall–Kier alpha value is -3.22. The Morgan fingerprint density at radius 1 is 1.11 bits per heavy atom. The van der Waals surface area contributed by atoms with E-state index in [0.717, 1.165) is 41.7 Å². The van der Waals surface area contributed by atoms with Crippen LogP contribution in [0.5, 0.6) is 0 Å². The molecule has 2 aromatic heterocycles. The van der Waals surface area contributed by atoms with Crippen molar-refractivity contribution in [2.24, 2.45) is 7.05 Å². The molecule has 7 heteroatoms. The highest BCUT2D eigenvalue weighted by Gasteiger charge is 2.17. The van der Waals surface area contributed by atoms with Crippen LogP contribution in [0.4, 0.5) is 5.95 Å². The van der Waals surface area contributed by atoms with Crippen molar-refractivity contribution in [1.29, 1.82) is 0 Å². The molecule has 3 heterocycles. The Kier molecular flexibility index (Phi) is 5.06. The molecular formula is C21H24N6O. The smallest absolute Gasteiger partial charge is 0.269 e. The van der Waals surface area contributed by atoms with Gasteiger partial charge in [0.05, 0.1) is 17.9 Å². The number of anilines is 1. The van der Waals surface area contributed by atoms with Gasteiger partial charge in [-0.25, -0.2) is 9.97 Å². The van der Waals surface area contributed by atoms with Crippen molar-refractivity contribution < 1.29 is 4.79 Å². The second-order valence-corrected chi connectivity index (χ2v) is 7.08. The average molecular weight is 376 g/mol. The first-order valence-corrected chi connectivity index (χ1v) is 9.57. The summed E-state index contributed by atoms with van der Waals surface area (Å²) in [5, 5.41) is 7.42. The summed E-state index contributed by atoms with van der Waals surface area (Å²) >= 11 is 0. The molecule has 0 radical (unpaired) electrons. The molecule has 4 rings (SSSR count). The van der Waals surface area contributed by atoms with Gasteiger partial charge in [-0.3, -0.25) is 9.48 Å². The number of amides is 1. The number of carbonyl (C=O) groups excluding carboxylic acids is 1. The zero-order chi connectivity index (χ0) is 19.5. The van der Waals surface area contributed by atoms with Gasteiger partial charge in [-0.15, -0.1) is 0 Å². The third kappa shape index (κ3) is 3.88. The Labute approximate surface area is 164 Å². The molecule has 0 aliphatic carbocycles. The molecule has 0 unspecified atom stereocenters. The lowest BCUT2D eigenvalue weighted by Crippen LogP contribution is -2.26. The van der Waals surface area contributed by atoms with Gasteiger partial charge in [-0.2, -0.15) is 5.10 Å². The molecule has 0 spiro atoms.